The van der Waals surface area contributed by atoms with E-state index in [2.05, 4.69) is 40.0 Å². The molecule has 1 aromatic carbocycles. The van der Waals surface area contributed by atoms with Crippen molar-refractivity contribution in [2.24, 2.45) is 0 Å². The van der Waals surface area contributed by atoms with E-state index < -0.39 is 0 Å². The van der Waals surface area contributed by atoms with E-state index in [9.17, 15) is 4.79 Å². The Morgan fingerprint density at radius 2 is 2.00 bits per heavy atom. The quantitative estimate of drug-likeness (QED) is 0.705. The number of carbonyl (C=O) groups is 1. The predicted molar refractivity (Wildman–Crippen MR) is 97.0 cm³/mol. The smallest absolute Gasteiger partial charge is 0.258 e. The molecule has 0 saturated heterocycles. The zero-order valence-electron chi connectivity index (χ0n) is 14.0. The van der Waals surface area contributed by atoms with Crippen molar-refractivity contribution in [2.45, 2.75) is 19.9 Å². The minimum Gasteiger partial charge on any atom is -0.483 e. The molecular formula is C18H23BrN2O3. The van der Waals surface area contributed by atoms with Crippen molar-refractivity contribution in [1.82, 2.24) is 10.2 Å². The molecule has 1 heterocycles. The van der Waals surface area contributed by atoms with Crippen molar-refractivity contribution < 1.29 is 13.9 Å². The molecule has 0 fully saturated rings. The van der Waals surface area contributed by atoms with Crippen molar-refractivity contribution in [3.8, 4) is 5.75 Å². The lowest BCUT2D eigenvalue weighted by Crippen LogP contribution is -2.39. The Kier molecular flexibility index (Phi) is 7.34. The third kappa shape index (κ3) is 5.11. The van der Waals surface area contributed by atoms with E-state index in [-0.39, 0.29) is 18.6 Å². The van der Waals surface area contributed by atoms with Crippen molar-refractivity contribution in [3.05, 3.63) is 52.9 Å². The summed E-state index contributed by atoms with van der Waals surface area (Å²) in [6.45, 7) is 6.41. The first-order valence-corrected chi connectivity index (χ1v) is 8.86. The van der Waals surface area contributed by atoms with Gasteiger partial charge in [0.25, 0.3) is 5.91 Å². The van der Waals surface area contributed by atoms with Gasteiger partial charge in [0, 0.05) is 6.54 Å². The first-order chi connectivity index (χ1) is 11.7. The number of benzene rings is 1. The molecule has 0 aliphatic heterocycles. The van der Waals surface area contributed by atoms with Crippen LogP contribution in [0.2, 0.25) is 0 Å². The van der Waals surface area contributed by atoms with Gasteiger partial charge in [-0.15, -0.1) is 0 Å². The molecule has 0 radical (unpaired) electrons. The lowest BCUT2D eigenvalue weighted by molar-refractivity contribution is -0.123. The summed E-state index contributed by atoms with van der Waals surface area (Å²) in [5.74, 6) is 1.35. The molecule has 0 aliphatic carbocycles. The van der Waals surface area contributed by atoms with E-state index in [1.807, 2.05) is 36.4 Å². The molecule has 0 saturated carbocycles. The summed E-state index contributed by atoms with van der Waals surface area (Å²) < 4.78 is 11.9. The van der Waals surface area contributed by atoms with Gasteiger partial charge >= 0.3 is 0 Å². The number of halogens is 1. The minimum atomic E-state index is -0.158. The van der Waals surface area contributed by atoms with E-state index in [1.165, 1.54) is 0 Å². The zero-order chi connectivity index (χ0) is 17.4. The van der Waals surface area contributed by atoms with Gasteiger partial charge in [0.1, 0.15) is 11.5 Å². The molecule has 2 aromatic rings. The van der Waals surface area contributed by atoms with E-state index in [0.717, 1.165) is 23.3 Å². The number of rotatable bonds is 9. The van der Waals surface area contributed by atoms with Crippen LogP contribution in [0, 0.1) is 0 Å². The van der Waals surface area contributed by atoms with E-state index >= 15 is 0 Å². The van der Waals surface area contributed by atoms with E-state index in [0.29, 0.717) is 12.3 Å². The molecule has 0 aliphatic rings. The Balaban J connectivity index is 1.89. The maximum absolute atomic E-state index is 12.1. The Morgan fingerprint density at radius 3 is 2.62 bits per heavy atom. The number of likely N-dealkylation sites (N-methyl/N-ethyl adjacent to an activating group) is 1. The van der Waals surface area contributed by atoms with E-state index in [4.69, 9.17) is 9.15 Å². The number of nitrogens with zero attached hydrogens (tertiary/aromatic N) is 1. The number of hydrogen-bond donors (Lipinski definition) is 1. The van der Waals surface area contributed by atoms with Gasteiger partial charge < -0.3 is 14.5 Å². The summed E-state index contributed by atoms with van der Waals surface area (Å²) in [4.78, 5) is 14.3. The van der Waals surface area contributed by atoms with Crippen LogP contribution in [-0.4, -0.2) is 37.0 Å². The highest BCUT2D eigenvalue weighted by molar-refractivity contribution is 9.10. The van der Waals surface area contributed by atoms with Crippen LogP contribution in [0.25, 0.3) is 0 Å². The highest BCUT2D eigenvalue weighted by atomic mass is 79.9. The molecule has 0 spiro atoms. The standard InChI is InChI=1S/C18H23BrN2O3/c1-3-21(4-2)15(17-10-7-11-23-17)12-20-18(22)13-24-16-9-6-5-8-14(16)19/h5-11,15H,3-4,12-13H2,1-2H3,(H,20,22). The van der Waals surface area contributed by atoms with Crippen LogP contribution in [0.3, 0.4) is 0 Å². The second-order valence-corrected chi connectivity index (χ2v) is 6.13. The zero-order valence-corrected chi connectivity index (χ0v) is 15.6. The Bertz CT molecular complexity index is 627. The molecule has 6 heteroatoms. The van der Waals surface area contributed by atoms with Gasteiger partial charge in [0.05, 0.1) is 16.8 Å². The lowest BCUT2D eigenvalue weighted by atomic mass is 10.2. The molecule has 1 aromatic heterocycles. The topological polar surface area (TPSA) is 54.7 Å². The van der Waals surface area contributed by atoms with Crippen LogP contribution in [0.15, 0.2) is 51.6 Å². The number of para-hydroxylation sites is 1. The van der Waals surface area contributed by atoms with Gasteiger partial charge in [-0.25, -0.2) is 0 Å². The number of nitrogens with one attached hydrogen (secondary N) is 1. The molecule has 5 nitrogen and oxygen atoms in total. The maximum atomic E-state index is 12.1. The number of amides is 1. The molecular weight excluding hydrogens is 372 g/mol. The van der Waals surface area contributed by atoms with Gasteiger partial charge in [0.2, 0.25) is 0 Å². The Morgan fingerprint density at radius 1 is 1.25 bits per heavy atom. The largest absolute Gasteiger partial charge is 0.483 e. The summed E-state index contributed by atoms with van der Waals surface area (Å²) in [6.07, 6.45) is 1.66. The van der Waals surface area contributed by atoms with Crippen molar-refractivity contribution >= 4 is 21.8 Å². The second-order valence-electron chi connectivity index (χ2n) is 5.28. The first-order valence-electron chi connectivity index (χ1n) is 8.07. The van der Waals surface area contributed by atoms with Gasteiger partial charge in [-0.2, -0.15) is 0 Å². The Labute approximate surface area is 151 Å². The van der Waals surface area contributed by atoms with Crippen LogP contribution in [0.4, 0.5) is 0 Å². The molecule has 1 atom stereocenters. The van der Waals surface area contributed by atoms with Gasteiger partial charge in [-0.05, 0) is 53.3 Å². The summed E-state index contributed by atoms with van der Waals surface area (Å²) in [6, 6.07) is 11.3. The molecule has 24 heavy (non-hydrogen) atoms. The Hall–Kier alpha value is -1.79. The van der Waals surface area contributed by atoms with E-state index in [1.54, 1.807) is 6.26 Å². The lowest BCUT2D eigenvalue weighted by Gasteiger charge is -2.28. The summed E-state index contributed by atoms with van der Waals surface area (Å²) >= 11 is 3.40. The summed E-state index contributed by atoms with van der Waals surface area (Å²) in [5, 5.41) is 2.93. The monoisotopic (exact) mass is 394 g/mol. The van der Waals surface area contributed by atoms with Crippen molar-refractivity contribution in [2.75, 3.05) is 26.2 Å². The maximum Gasteiger partial charge on any atom is 0.258 e. The van der Waals surface area contributed by atoms with Crippen molar-refractivity contribution in [1.29, 1.82) is 0 Å². The summed E-state index contributed by atoms with van der Waals surface area (Å²) in [7, 11) is 0. The highest BCUT2D eigenvalue weighted by Gasteiger charge is 2.21. The van der Waals surface area contributed by atoms with Crippen molar-refractivity contribution in [3.63, 3.8) is 0 Å². The SMILES string of the molecule is CCN(CC)C(CNC(=O)COc1ccccc1Br)c1ccco1. The average molecular weight is 395 g/mol. The number of ether oxygens (including phenoxy) is 1. The predicted octanol–water partition coefficient (Wildman–Crippen LogP) is 3.62. The number of hydrogen-bond acceptors (Lipinski definition) is 4. The number of furan rings is 1. The third-order valence-electron chi connectivity index (χ3n) is 3.81. The molecule has 1 unspecified atom stereocenters. The minimum absolute atomic E-state index is 0.0161. The van der Waals surface area contributed by atoms with Crippen LogP contribution in [-0.2, 0) is 4.79 Å². The van der Waals surface area contributed by atoms with Gasteiger partial charge in [0.15, 0.2) is 6.61 Å². The van der Waals surface area contributed by atoms with Crippen LogP contribution < -0.4 is 10.1 Å². The molecule has 2 rings (SSSR count). The average Bonchev–Trinajstić information content (AvgIpc) is 3.12. The van der Waals surface area contributed by atoms with Crippen LogP contribution >= 0.6 is 15.9 Å². The fourth-order valence-electron chi connectivity index (χ4n) is 2.52. The normalized spacial score (nSPS) is 12.2. The second kappa shape index (κ2) is 9.49. The number of carbonyl (C=O) groups excluding carboxylic acids is 1. The van der Waals surface area contributed by atoms with Gasteiger partial charge in [-0.1, -0.05) is 26.0 Å². The van der Waals surface area contributed by atoms with Crippen LogP contribution in [0.5, 0.6) is 5.75 Å². The molecule has 1 N–H and O–H groups in total. The first kappa shape index (κ1) is 18.5. The fraction of sp³-hybridized carbons (Fsp3) is 0.389. The molecule has 1 amide bonds. The summed E-state index contributed by atoms with van der Waals surface area (Å²) in [5.41, 5.74) is 0. The fourth-order valence-corrected chi connectivity index (χ4v) is 2.92. The van der Waals surface area contributed by atoms with Crippen LogP contribution in [0.1, 0.15) is 25.6 Å². The molecule has 130 valence electrons. The molecule has 0 bridgehead atoms. The van der Waals surface area contributed by atoms with Gasteiger partial charge in [-0.3, -0.25) is 9.69 Å². The highest BCUT2D eigenvalue weighted by Crippen LogP contribution is 2.23. The third-order valence-corrected chi connectivity index (χ3v) is 4.47.